The van der Waals surface area contributed by atoms with Crippen LogP contribution in [0.4, 0.5) is 13.2 Å². The van der Waals surface area contributed by atoms with E-state index in [9.17, 15) is 13.2 Å². The third kappa shape index (κ3) is 5.73. The number of halogens is 4. The highest BCUT2D eigenvalue weighted by atomic mass is 127. The van der Waals surface area contributed by atoms with E-state index in [0.29, 0.717) is 24.3 Å². The van der Waals surface area contributed by atoms with E-state index in [1.54, 1.807) is 13.1 Å². The summed E-state index contributed by atoms with van der Waals surface area (Å²) >= 11 is 0. The average molecular weight is 497 g/mol. The number of guanidine groups is 1. The van der Waals surface area contributed by atoms with Crippen molar-refractivity contribution in [2.75, 3.05) is 13.6 Å². The molecular formula is C19H27F3IN3O. The Balaban J connectivity index is 0.00000261. The van der Waals surface area contributed by atoms with Gasteiger partial charge >= 0.3 is 6.18 Å². The predicted molar refractivity (Wildman–Crippen MR) is 111 cm³/mol. The number of ether oxygens (including phenoxy) is 1. The van der Waals surface area contributed by atoms with Crippen molar-refractivity contribution in [3.8, 4) is 0 Å². The lowest BCUT2D eigenvalue weighted by Gasteiger charge is -2.23. The van der Waals surface area contributed by atoms with Crippen LogP contribution in [-0.4, -0.2) is 37.8 Å². The van der Waals surface area contributed by atoms with E-state index >= 15 is 0 Å². The average Bonchev–Trinajstić information content (AvgIpc) is 3.23. The fourth-order valence-electron chi connectivity index (χ4n) is 3.76. The first-order valence-electron chi connectivity index (χ1n) is 9.16. The summed E-state index contributed by atoms with van der Waals surface area (Å²) in [6, 6.07) is 5.86. The van der Waals surface area contributed by atoms with Gasteiger partial charge in [0.25, 0.3) is 0 Å². The Bertz CT molecular complexity index is 653. The van der Waals surface area contributed by atoms with Gasteiger partial charge in [-0.25, -0.2) is 0 Å². The number of rotatable bonds is 5. The van der Waals surface area contributed by atoms with E-state index in [2.05, 4.69) is 15.6 Å². The zero-order chi connectivity index (χ0) is 18.7. The van der Waals surface area contributed by atoms with Crippen molar-refractivity contribution in [3.05, 3.63) is 35.4 Å². The topological polar surface area (TPSA) is 45.7 Å². The Labute approximate surface area is 175 Å². The molecule has 2 saturated heterocycles. The second kappa shape index (κ2) is 9.45. The van der Waals surface area contributed by atoms with Crippen LogP contribution in [0.25, 0.3) is 0 Å². The summed E-state index contributed by atoms with van der Waals surface area (Å²) in [6.07, 6.45) is 0.290. The normalized spacial score (nSPS) is 25.8. The molecule has 8 heteroatoms. The summed E-state index contributed by atoms with van der Waals surface area (Å²) in [5.41, 5.74) is 0.106. The summed E-state index contributed by atoms with van der Waals surface area (Å²) in [7, 11) is 1.72. The smallest absolute Gasteiger partial charge is 0.373 e. The Morgan fingerprint density at radius 1 is 1.33 bits per heavy atom. The first-order valence-corrected chi connectivity index (χ1v) is 9.16. The third-order valence-corrected chi connectivity index (χ3v) is 5.30. The van der Waals surface area contributed by atoms with Crippen molar-refractivity contribution in [1.29, 1.82) is 0 Å². The van der Waals surface area contributed by atoms with E-state index in [-0.39, 0.29) is 36.0 Å². The van der Waals surface area contributed by atoms with Crippen molar-refractivity contribution in [1.82, 2.24) is 10.6 Å². The molecule has 2 bridgehead atoms. The number of hydrogen-bond donors (Lipinski definition) is 2. The molecule has 0 aromatic heterocycles. The van der Waals surface area contributed by atoms with Crippen LogP contribution >= 0.6 is 24.0 Å². The number of nitrogens with zero attached hydrogens (tertiary/aromatic N) is 1. The molecule has 4 nitrogen and oxygen atoms in total. The zero-order valence-corrected chi connectivity index (χ0v) is 17.9. The molecule has 4 unspecified atom stereocenters. The van der Waals surface area contributed by atoms with Crippen molar-refractivity contribution < 1.29 is 17.9 Å². The van der Waals surface area contributed by atoms with Crippen LogP contribution < -0.4 is 10.6 Å². The van der Waals surface area contributed by atoms with Gasteiger partial charge in [-0.3, -0.25) is 4.99 Å². The lowest BCUT2D eigenvalue weighted by molar-refractivity contribution is -0.137. The molecule has 1 aromatic rings. The van der Waals surface area contributed by atoms with Crippen molar-refractivity contribution in [3.63, 3.8) is 0 Å². The minimum absolute atomic E-state index is 0. The summed E-state index contributed by atoms with van der Waals surface area (Å²) in [5.74, 6) is 0.746. The Morgan fingerprint density at radius 2 is 2.11 bits per heavy atom. The molecule has 27 heavy (non-hydrogen) atoms. The summed E-state index contributed by atoms with van der Waals surface area (Å²) < 4.78 is 44.4. The highest BCUT2D eigenvalue weighted by Gasteiger charge is 2.41. The molecule has 4 atom stereocenters. The second-order valence-corrected chi connectivity index (χ2v) is 7.17. The molecule has 3 rings (SSSR count). The van der Waals surface area contributed by atoms with Gasteiger partial charge in [-0.1, -0.05) is 25.1 Å². The lowest BCUT2D eigenvalue weighted by Crippen LogP contribution is -2.47. The van der Waals surface area contributed by atoms with Gasteiger partial charge in [-0.2, -0.15) is 13.2 Å². The highest BCUT2D eigenvalue weighted by Crippen LogP contribution is 2.34. The SMILES string of the molecule is CN=C(NCCC(C)c1cccc(C(F)(F)F)c1)NC1CC2CCC1O2.I. The monoisotopic (exact) mass is 497 g/mol. The Hall–Kier alpha value is -1.03. The minimum Gasteiger partial charge on any atom is -0.373 e. The number of aliphatic imine (C=N–C) groups is 1. The van der Waals surface area contributed by atoms with Gasteiger partial charge in [-0.15, -0.1) is 24.0 Å². The Kier molecular flexibility index (Phi) is 7.79. The number of hydrogen-bond acceptors (Lipinski definition) is 2. The van der Waals surface area contributed by atoms with Gasteiger partial charge in [0.1, 0.15) is 0 Å². The number of alkyl halides is 3. The summed E-state index contributed by atoms with van der Waals surface area (Å²) in [5, 5.41) is 6.67. The van der Waals surface area contributed by atoms with E-state index in [0.717, 1.165) is 37.7 Å². The molecule has 1 aromatic carbocycles. The van der Waals surface area contributed by atoms with E-state index < -0.39 is 11.7 Å². The molecular weight excluding hydrogens is 470 g/mol. The van der Waals surface area contributed by atoms with Gasteiger partial charge in [0.15, 0.2) is 5.96 Å². The first-order chi connectivity index (χ1) is 12.4. The van der Waals surface area contributed by atoms with Crippen LogP contribution in [0.1, 0.15) is 49.7 Å². The predicted octanol–water partition coefficient (Wildman–Crippen LogP) is 4.30. The molecule has 2 aliphatic rings. The number of benzene rings is 1. The Morgan fingerprint density at radius 3 is 2.70 bits per heavy atom. The number of nitrogens with one attached hydrogen (secondary N) is 2. The molecule has 0 aliphatic carbocycles. The maximum Gasteiger partial charge on any atom is 0.416 e. The third-order valence-electron chi connectivity index (χ3n) is 5.30. The first kappa shape index (κ1) is 22.3. The molecule has 2 aliphatic heterocycles. The van der Waals surface area contributed by atoms with Crippen LogP contribution in [0.2, 0.25) is 0 Å². The maximum absolute atomic E-state index is 12.8. The summed E-state index contributed by atoms with van der Waals surface area (Å²) in [4.78, 5) is 4.24. The van der Waals surface area contributed by atoms with E-state index in [1.165, 1.54) is 12.1 Å². The van der Waals surface area contributed by atoms with E-state index in [1.807, 2.05) is 6.92 Å². The molecule has 0 saturated carbocycles. The summed E-state index contributed by atoms with van der Waals surface area (Å²) in [6.45, 7) is 2.58. The maximum atomic E-state index is 12.8. The van der Waals surface area contributed by atoms with Crippen molar-refractivity contribution in [2.45, 2.75) is 63.0 Å². The lowest BCUT2D eigenvalue weighted by atomic mass is 9.95. The number of fused-ring (bicyclic) bond motifs is 2. The fraction of sp³-hybridized carbons (Fsp3) is 0.632. The highest BCUT2D eigenvalue weighted by molar-refractivity contribution is 14.0. The van der Waals surface area contributed by atoms with Crippen LogP contribution in [0.5, 0.6) is 0 Å². The molecule has 2 N–H and O–H groups in total. The molecule has 0 radical (unpaired) electrons. The molecule has 2 heterocycles. The van der Waals surface area contributed by atoms with Crippen molar-refractivity contribution >= 4 is 29.9 Å². The quantitative estimate of drug-likeness (QED) is 0.363. The molecule has 0 amide bonds. The zero-order valence-electron chi connectivity index (χ0n) is 15.6. The van der Waals surface area contributed by atoms with Crippen LogP contribution in [0.3, 0.4) is 0 Å². The van der Waals surface area contributed by atoms with Gasteiger partial charge in [0.2, 0.25) is 0 Å². The van der Waals surface area contributed by atoms with Crippen LogP contribution in [0.15, 0.2) is 29.3 Å². The van der Waals surface area contributed by atoms with Crippen LogP contribution in [-0.2, 0) is 10.9 Å². The molecule has 152 valence electrons. The van der Waals surface area contributed by atoms with Gasteiger partial charge in [0.05, 0.1) is 23.8 Å². The van der Waals surface area contributed by atoms with Gasteiger partial charge in [-0.05, 0) is 43.2 Å². The fourth-order valence-corrected chi connectivity index (χ4v) is 3.76. The molecule has 2 fully saturated rings. The van der Waals surface area contributed by atoms with Crippen LogP contribution in [0, 0.1) is 0 Å². The largest absolute Gasteiger partial charge is 0.416 e. The molecule has 0 spiro atoms. The van der Waals surface area contributed by atoms with Gasteiger partial charge in [0, 0.05) is 13.6 Å². The van der Waals surface area contributed by atoms with Gasteiger partial charge < -0.3 is 15.4 Å². The second-order valence-electron chi connectivity index (χ2n) is 7.17. The minimum atomic E-state index is -4.30. The van der Waals surface area contributed by atoms with Crippen molar-refractivity contribution in [2.24, 2.45) is 4.99 Å². The standard InChI is InChI=1S/C19H26F3N3O.HI/c1-12(13-4-3-5-14(10-13)19(20,21)22)8-9-24-18(23-2)25-16-11-15-6-7-17(16)26-15;/h3-5,10,12,15-17H,6-9,11H2,1-2H3,(H2,23,24,25);1H. The van der Waals surface area contributed by atoms with E-state index in [4.69, 9.17) is 4.74 Å².